The van der Waals surface area contributed by atoms with Crippen LogP contribution in [0.2, 0.25) is 0 Å². The number of hydrogen-bond acceptors (Lipinski definition) is 4. The van der Waals surface area contributed by atoms with Gasteiger partial charge in [-0.05, 0) is 12.5 Å². The maximum Gasteiger partial charge on any atom is 0.274 e. The molecule has 2 aromatic rings. The van der Waals surface area contributed by atoms with Crippen LogP contribution in [0.3, 0.4) is 0 Å². The Morgan fingerprint density at radius 3 is 2.68 bits per heavy atom. The van der Waals surface area contributed by atoms with Gasteiger partial charge in [-0.2, -0.15) is 0 Å². The summed E-state index contributed by atoms with van der Waals surface area (Å²) < 4.78 is 0. The SMILES string of the molecule is Cc1cccc(CN2CCN(C(=O)c3cnccn3)CC2)c1. The molecule has 114 valence electrons. The van der Waals surface area contributed by atoms with Gasteiger partial charge >= 0.3 is 0 Å². The van der Waals surface area contributed by atoms with Gasteiger partial charge < -0.3 is 4.90 Å². The van der Waals surface area contributed by atoms with Crippen LogP contribution < -0.4 is 0 Å². The Hall–Kier alpha value is -2.27. The van der Waals surface area contributed by atoms with Crippen LogP contribution >= 0.6 is 0 Å². The number of carbonyl (C=O) groups is 1. The highest BCUT2D eigenvalue weighted by Crippen LogP contribution is 2.11. The molecule has 0 aliphatic carbocycles. The van der Waals surface area contributed by atoms with Crippen LogP contribution in [0.4, 0.5) is 0 Å². The summed E-state index contributed by atoms with van der Waals surface area (Å²) in [6.07, 6.45) is 4.67. The lowest BCUT2D eigenvalue weighted by Gasteiger charge is -2.34. The molecule has 0 bridgehead atoms. The van der Waals surface area contributed by atoms with E-state index in [2.05, 4.69) is 46.1 Å². The summed E-state index contributed by atoms with van der Waals surface area (Å²) in [5.74, 6) is -0.0247. The standard InChI is InChI=1S/C17H20N4O/c1-14-3-2-4-15(11-14)13-20-7-9-21(10-8-20)17(22)16-12-18-5-6-19-16/h2-6,11-12H,7-10,13H2,1H3. The van der Waals surface area contributed by atoms with Gasteiger partial charge in [0.2, 0.25) is 0 Å². The number of aryl methyl sites for hydroxylation is 1. The lowest BCUT2D eigenvalue weighted by molar-refractivity contribution is 0.0622. The van der Waals surface area contributed by atoms with E-state index in [1.807, 2.05) is 4.90 Å². The first-order valence-electron chi connectivity index (χ1n) is 7.55. The zero-order chi connectivity index (χ0) is 15.4. The molecule has 1 aromatic carbocycles. The van der Waals surface area contributed by atoms with Crippen LogP contribution in [-0.2, 0) is 6.54 Å². The molecule has 1 aliphatic heterocycles. The van der Waals surface area contributed by atoms with Gasteiger partial charge in [0.1, 0.15) is 5.69 Å². The van der Waals surface area contributed by atoms with Crippen molar-refractivity contribution in [3.05, 3.63) is 59.7 Å². The van der Waals surface area contributed by atoms with Gasteiger partial charge in [0.05, 0.1) is 6.20 Å². The van der Waals surface area contributed by atoms with Crippen molar-refractivity contribution in [3.8, 4) is 0 Å². The Morgan fingerprint density at radius 2 is 2.00 bits per heavy atom. The predicted molar refractivity (Wildman–Crippen MR) is 84.4 cm³/mol. The van der Waals surface area contributed by atoms with Crippen molar-refractivity contribution in [2.45, 2.75) is 13.5 Å². The van der Waals surface area contributed by atoms with E-state index in [1.54, 1.807) is 12.4 Å². The summed E-state index contributed by atoms with van der Waals surface area (Å²) in [4.78, 5) is 24.6. The molecule has 5 heteroatoms. The molecule has 1 aliphatic rings. The van der Waals surface area contributed by atoms with E-state index in [0.717, 1.165) is 32.7 Å². The molecule has 1 amide bonds. The topological polar surface area (TPSA) is 49.3 Å². The Kier molecular flexibility index (Phi) is 4.44. The first kappa shape index (κ1) is 14.7. The predicted octanol–water partition coefficient (Wildman–Crippen LogP) is 1.74. The van der Waals surface area contributed by atoms with Gasteiger partial charge in [-0.3, -0.25) is 14.7 Å². The Bertz CT molecular complexity index is 636. The Labute approximate surface area is 130 Å². The Morgan fingerprint density at radius 1 is 1.18 bits per heavy atom. The van der Waals surface area contributed by atoms with Gasteiger partial charge in [-0.25, -0.2) is 4.98 Å². The van der Waals surface area contributed by atoms with Gasteiger partial charge in [0, 0.05) is 45.1 Å². The average Bonchev–Trinajstić information content (AvgIpc) is 2.56. The lowest BCUT2D eigenvalue weighted by atomic mass is 10.1. The van der Waals surface area contributed by atoms with Crippen LogP contribution in [0.1, 0.15) is 21.6 Å². The van der Waals surface area contributed by atoms with Crippen LogP contribution in [0.5, 0.6) is 0 Å². The van der Waals surface area contributed by atoms with Crippen molar-refractivity contribution >= 4 is 5.91 Å². The van der Waals surface area contributed by atoms with Gasteiger partial charge in [0.25, 0.3) is 5.91 Å². The molecule has 2 heterocycles. The van der Waals surface area contributed by atoms with Crippen molar-refractivity contribution < 1.29 is 4.79 Å². The first-order chi connectivity index (χ1) is 10.7. The number of nitrogens with zero attached hydrogens (tertiary/aromatic N) is 4. The van der Waals surface area contributed by atoms with Crippen molar-refractivity contribution in [3.63, 3.8) is 0 Å². The number of amides is 1. The number of benzene rings is 1. The molecule has 22 heavy (non-hydrogen) atoms. The molecule has 1 fully saturated rings. The number of rotatable bonds is 3. The molecular formula is C17H20N4O. The van der Waals surface area contributed by atoms with E-state index in [1.165, 1.54) is 17.3 Å². The van der Waals surface area contributed by atoms with E-state index < -0.39 is 0 Å². The maximum absolute atomic E-state index is 12.3. The highest BCUT2D eigenvalue weighted by molar-refractivity contribution is 5.92. The fraction of sp³-hybridized carbons (Fsp3) is 0.353. The number of piperazine rings is 1. The molecule has 0 radical (unpaired) electrons. The van der Waals surface area contributed by atoms with E-state index in [4.69, 9.17) is 0 Å². The van der Waals surface area contributed by atoms with E-state index in [0.29, 0.717) is 5.69 Å². The van der Waals surface area contributed by atoms with Crippen LogP contribution in [0, 0.1) is 6.92 Å². The van der Waals surface area contributed by atoms with Crippen LogP contribution in [-0.4, -0.2) is 51.9 Å². The summed E-state index contributed by atoms with van der Waals surface area (Å²) in [6, 6.07) is 8.58. The van der Waals surface area contributed by atoms with Crippen molar-refractivity contribution in [1.82, 2.24) is 19.8 Å². The molecule has 1 saturated heterocycles. The molecule has 1 aromatic heterocycles. The van der Waals surface area contributed by atoms with E-state index >= 15 is 0 Å². The van der Waals surface area contributed by atoms with Crippen LogP contribution in [0.25, 0.3) is 0 Å². The number of aromatic nitrogens is 2. The summed E-state index contributed by atoms with van der Waals surface area (Å²) in [5.41, 5.74) is 3.04. The maximum atomic E-state index is 12.3. The molecule has 0 N–H and O–H groups in total. The molecule has 5 nitrogen and oxygen atoms in total. The van der Waals surface area contributed by atoms with Crippen LogP contribution in [0.15, 0.2) is 42.9 Å². The van der Waals surface area contributed by atoms with Crippen molar-refractivity contribution in [2.75, 3.05) is 26.2 Å². The van der Waals surface area contributed by atoms with E-state index in [-0.39, 0.29) is 5.91 Å². The normalized spacial score (nSPS) is 15.8. The minimum atomic E-state index is -0.0247. The lowest BCUT2D eigenvalue weighted by Crippen LogP contribution is -2.48. The summed E-state index contributed by atoms with van der Waals surface area (Å²) in [7, 11) is 0. The quantitative estimate of drug-likeness (QED) is 0.866. The minimum absolute atomic E-state index is 0.0247. The third-order valence-corrected chi connectivity index (χ3v) is 3.93. The van der Waals surface area contributed by atoms with Gasteiger partial charge in [0.15, 0.2) is 0 Å². The minimum Gasteiger partial charge on any atom is -0.335 e. The smallest absolute Gasteiger partial charge is 0.274 e. The first-order valence-corrected chi connectivity index (χ1v) is 7.55. The third-order valence-electron chi connectivity index (χ3n) is 3.93. The monoisotopic (exact) mass is 296 g/mol. The molecule has 3 rings (SSSR count). The summed E-state index contributed by atoms with van der Waals surface area (Å²) in [5, 5.41) is 0. The molecule has 0 spiro atoms. The second kappa shape index (κ2) is 6.66. The fourth-order valence-corrected chi connectivity index (χ4v) is 2.75. The largest absolute Gasteiger partial charge is 0.335 e. The second-order valence-electron chi connectivity index (χ2n) is 5.65. The van der Waals surface area contributed by atoms with Gasteiger partial charge in [-0.1, -0.05) is 29.8 Å². The molecule has 0 saturated carbocycles. The molecular weight excluding hydrogens is 276 g/mol. The fourth-order valence-electron chi connectivity index (χ4n) is 2.75. The Balaban J connectivity index is 1.55. The third kappa shape index (κ3) is 3.49. The second-order valence-corrected chi connectivity index (χ2v) is 5.65. The highest BCUT2D eigenvalue weighted by Gasteiger charge is 2.22. The summed E-state index contributed by atoms with van der Waals surface area (Å²) >= 11 is 0. The zero-order valence-corrected chi connectivity index (χ0v) is 12.8. The average molecular weight is 296 g/mol. The van der Waals surface area contributed by atoms with Crippen molar-refractivity contribution in [2.24, 2.45) is 0 Å². The number of carbonyl (C=O) groups excluding carboxylic acids is 1. The highest BCUT2D eigenvalue weighted by atomic mass is 16.2. The molecule has 0 atom stereocenters. The van der Waals surface area contributed by atoms with E-state index in [9.17, 15) is 4.79 Å². The number of hydrogen-bond donors (Lipinski definition) is 0. The molecule has 0 unspecified atom stereocenters. The zero-order valence-electron chi connectivity index (χ0n) is 12.8. The van der Waals surface area contributed by atoms with Crippen molar-refractivity contribution in [1.29, 1.82) is 0 Å². The van der Waals surface area contributed by atoms with Gasteiger partial charge in [-0.15, -0.1) is 0 Å². The summed E-state index contributed by atoms with van der Waals surface area (Å²) in [6.45, 7) is 6.30.